The SMILES string of the molecule is CC1CC1c1ccc2c(c1)C(=C1CC1)C1CC1CCC=CCC2. The molecule has 120 valence electrons. The molecule has 0 bridgehead atoms. The molecule has 5 rings (SSSR count). The van der Waals surface area contributed by atoms with Crippen LogP contribution in [0.25, 0.3) is 5.57 Å². The summed E-state index contributed by atoms with van der Waals surface area (Å²) in [7, 11) is 0. The van der Waals surface area contributed by atoms with E-state index in [4.69, 9.17) is 0 Å². The monoisotopic (exact) mass is 304 g/mol. The lowest BCUT2D eigenvalue weighted by atomic mass is 9.89. The molecule has 0 nitrogen and oxygen atoms in total. The number of fused-ring (bicyclic) bond motifs is 2. The lowest BCUT2D eigenvalue weighted by molar-refractivity contribution is 0.712. The molecule has 23 heavy (non-hydrogen) atoms. The third kappa shape index (κ3) is 2.71. The van der Waals surface area contributed by atoms with Crippen molar-refractivity contribution in [2.45, 2.75) is 64.2 Å². The maximum atomic E-state index is 2.61. The summed E-state index contributed by atoms with van der Waals surface area (Å²) in [5.74, 6) is 3.62. The molecular formula is C23H28. The van der Waals surface area contributed by atoms with Crippen molar-refractivity contribution >= 4 is 5.57 Å². The minimum atomic E-state index is 0.846. The van der Waals surface area contributed by atoms with Crippen LogP contribution in [-0.2, 0) is 6.42 Å². The molecule has 0 heteroatoms. The van der Waals surface area contributed by atoms with Crippen molar-refractivity contribution in [3.8, 4) is 0 Å². The van der Waals surface area contributed by atoms with Crippen LogP contribution >= 0.6 is 0 Å². The van der Waals surface area contributed by atoms with Crippen LogP contribution in [0.5, 0.6) is 0 Å². The fourth-order valence-corrected chi connectivity index (χ4v) is 4.77. The number of hydrogen-bond acceptors (Lipinski definition) is 0. The van der Waals surface area contributed by atoms with Crippen molar-refractivity contribution < 1.29 is 0 Å². The Labute approximate surface area is 140 Å². The highest BCUT2D eigenvalue weighted by Crippen LogP contribution is 2.56. The van der Waals surface area contributed by atoms with Crippen molar-refractivity contribution in [1.82, 2.24) is 0 Å². The second-order valence-electron chi connectivity index (χ2n) is 8.44. The van der Waals surface area contributed by atoms with Gasteiger partial charge in [-0.05, 0) is 97.3 Å². The van der Waals surface area contributed by atoms with Gasteiger partial charge in [0.25, 0.3) is 0 Å². The van der Waals surface area contributed by atoms with Crippen LogP contribution < -0.4 is 0 Å². The first-order chi connectivity index (χ1) is 11.3. The molecule has 0 aromatic heterocycles. The number of hydrogen-bond donors (Lipinski definition) is 0. The Morgan fingerprint density at radius 2 is 1.74 bits per heavy atom. The second kappa shape index (κ2) is 5.36. The van der Waals surface area contributed by atoms with E-state index in [-0.39, 0.29) is 0 Å². The van der Waals surface area contributed by atoms with E-state index in [0.717, 1.165) is 23.7 Å². The maximum Gasteiger partial charge on any atom is -0.0125 e. The molecule has 0 N–H and O–H groups in total. The summed E-state index contributed by atoms with van der Waals surface area (Å²) < 4.78 is 0. The van der Waals surface area contributed by atoms with E-state index in [1.165, 1.54) is 51.4 Å². The van der Waals surface area contributed by atoms with Crippen LogP contribution in [0.15, 0.2) is 35.9 Å². The van der Waals surface area contributed by atoms with Gasteiger partial charge < -0.3 is 0 Å². The van der Waals surface area contributed by atoms with E-state index in [2.05, 4.69) is 37.3 Å². The molecule has 0 aliphatic heterocycles. The summed E-state index contributed by atoms with van der Waals surface area (Å²) in [6.45, 7) is 2.41. The lowest BCUT2D eigenvalue weighted by Crippen LogP contribution is -1.99. The molecule has 3 fully saturated rings. The van der Waals surface area contributed by atoms with E-state index >= 15 is 0 Å². The fraction of sp³-hybridized carbons (Fsp3) is 0.565. The van der Waals surface area contributed by atoms with Gasteiger partial charge in [0.2, 0.25) is 0 Å². The highest BCUT2D eigenvalue weighted by Gasteiger charge is 2.43. The summed E-state index contributed by atoms with van der Waals surface area (Å²) in [4.78, 5) is 0. The quantitative estimate of drug-likeness (QED) is 0.536. The minimum Gasteiger partial charge on any atom is -0.0885 e. The number of benzene rings is 1. The molecule has 4 atom stereocenters. The number of allylic oxidation sites excluding steroid dienone is 4. The summed E-state index contributed by atoms with van der Waals surface area (Å²) in [6, 6.07) is 7.53. The molecular weight excluding hydrogens is 276 g/mol. The Morgan fingerprint density at radius 3 is 2.52 bits per heavy atom. The van der Waals surface area contributed by atoms with E-state index in [1.54, 1.807) is 22.3 Å². The van der Waals surface area contributed by atoms with Crippen LogP contribution in [0.4, 0.5) is 0 Å². The first-order valence-electron chi connectivity index (χ1n) is 9.81. The van der Waals surface area contributed by atoms with Gasteiger partial charge in [-0.2, -0.15) is 0 Å². The van der Waals surface area contributed by atoms with Crippen molar-refractivity contribution in [2.75, 3.05) is 0 Å². The minimum absolute atomic E-state index is 0.846. The summed E-state index contributed by atoms with van der Waals surface area (Å²) >= 11 is 0. The van der Waals surface area contributed by atoms with Crippen molar-refractivity contribution in [1.29, 1.82) is 0 Å². The van der Waals surface area contributed by atoms with Gasteiger partial charge in [0, 0.05) is 0 Å². The predicted molar refractivity (Wildman–Crippen MR) is 97.4 cm³/mol. The highest BCUT2D eigenvalue weighted by atomic mass is 14.5. The Kier molecular flexibility index (Phi) is 3.28. The Bertz CT molecular complexity index is 684. The molecule has 0 saturated heterocycles. The van der Waals surface area contributed by atoms with Gasteiger partial charge in [0.1, 0.15) is 0 Å². The first-order valence-corrected chi connectivity index (χ1v) is 9.81. The smallest absolute Gasteiger partial charge is 0.0125 e. The van der Waals surface area contributed by atoms with Crippen LogP contribution in [-0.4, -0.2) is 0 Å². The largest absolute Gasteiger partial charge is 0.0885 e. The third-order valence-corrected chi connectivity index (χ3v) is 6.59. The van der Waals surface area contributed by atoms with Crippen LogP contribution in [0.3, 0.4) is 0 Å². The normalized spacial score (nSPS) is 35.2. The molecule has 3 saturated carbocycles. The summed E-state index contributed by atoms with van der Waals surface area (Å²) in [5.41, 5.74) is 8.51. The van der Waals surface area contributed by atoms with E-state index in [9.17, 15) is 0 Å². The van der Waals surface area contributed by atoms with Gasteiger partial charge in [-0.15, -0.1) is 0 Å². The van der Waals surface area contributed by atoms with Crippen LogP contribution in [0.2, 0.25) is 0 Å². The second-order valence-corrected chi connectivity index (χ2v) is 8.44. The zero-order valence-electron chi connectivity index (χ0n) is 14.4. The molecule has 4 aliphatic carbocycles. The summed E-state index contributed by atoms with van der Waals surface area (Å²) in [6.07, 6.45) is 15.6. The van der Waals surface area contributed by atoms with Crippen LogP contribution in [0.1, 0.15) is 74.5 Å². The topological polar surface area (TPSA) is 0 Å². The molecule has 4 unspecified atom stereocenters. The molecule has 1 aromatic carbocycles. The Balaban J connectivity index is 1.58. The lowest BCUT2D eigenvalue weighted by Gasteiger charge is -2.15. The number of rotatable bonds is 1. The van der Waals surface area contributed by atoms with Gasteiger partial charge in [-0.3, -0.25) is 0 Å². The van der Waals surface area contributed by atoms with Gasteiger partial charge in [0.15, 0.2) is 0 Å². The Morgan fingerprint density at radius 1 is 0.913 bits per heavy atom. The predicted octanol–water partition coefficient (Wildman–Crippen LogP) is 6.28. The zero-order valence-corrected chi connectivity index (χ0v) is 14.4. The molecule has 0 heterocycles. The standard InChI is InChI=1S/C23H28/c1-15-12-20(15)19-11-8-16-6-4-2-3-5-7-18-13-22(18)23(17-9-10-17)21(16)14-19/h2-3,8,11,14-15,18,20,22H,4-7,9-10,12-13H2,1H3. The third-order valence-electron chi connectivity index (χ3n) is 6.59. The molecule has 0 radical (unpaired) electrons. The fourth-order valence-electron chi connectivity index (χ4n) is 4.77. The first kappa shape index (κ1) is 14.1. The van der Waals surface area contributed by atoms with E-state index in [0.29, 0.717) is 0 Å². The van der Waals surface area contributed by atoms with Crippen LogP contribution in [0, 0.1) is 17.8 Å². The van der Waals surface area contributed by atoms with Crippen molar-refractivity contribution in [3.05, 3.63) is 52.6 Å². The van der Waals surface area contributed by atoms with E-state index in [1.807, 2.05) is 5.57 Å². The van der Waals surface area contributed by atoms with Crippen molar-refractivity contribution in [2.24, 2.45) is 17.8 Å². The Hall–Kier alpha value is -1.30. The average molecular weight is 304 g/mol. The van der Waals surface area contributed by atoms with E-state index < -0.39 is 0 Å². The molecule has 0 amide bonds. The molecule has 4 aliphatic rings. The zero-order chi connectivity index (χ0) is 15.4. The van der Waals surface area contributed by atoms with Gasteiger partial charge in [-0.1, -0.05) is 42.8 Å². The number of aryl methyl sites for hydroxylation is 1. The average Bonchev–Trinajstić information content (AvgIpc) is 3.38. The van der Waals surface area contributed by atoms with Gasteiger partial charge >= 0.3 is 0 Å². The molecule has 0 spiro atoms. The molecule has 1 aromatic rings. The van der Waals surface area contributed by atoms with Gasteiger partial charge in [-0.25, -0.2) is 0 Å². The highest BCUT2D eigenvalue weighted by molar-refractivity contribution is 5.77. The summed E-state index contributed by atoms with van der Waals surface area (Å²) in [5, 5.41) is 0. The van der Waals surface area contributed by atoms with Gasteiger partial charge in [0.05, 0.1) is 0 Å². The maximum absolute atomic E-state index is 2.61. The van der Waals surface area contributed by atoms with Crippen molar-refractivity contribution in [3.63, 3.8) is 0 Å².